The smallest absolute Gasteiger partial charge is 0.231 e. The number of pyridine rings is 1. The van der Waals surface area contributed by atoms with E-state index in [0.29, 0.717) is 5.69 Å². The molecule has 0 saturated heterocycles. The number of carbonyl (C=O) groups excluding carboxylic acids is 1. The van der Waals surface area contributed by atoms with Crippen LogP contribution in [0.5, 0.6) is 0 Å². The summed E-state index contributed by atoms with van der Waals surface area (Å²) in [6.07, 6.45) is 1.55. The number of amides is 1. The lowest BCUT2D eigenvalue weighted by Crippen LogP contribution is -2.24. The predicted octanol–water partition coefficient (Wildman–Crippen LogP) is 1.84. The van der Waals surface area contributed by atoms with Crippen molar-refractivity contribution in [1.82, 2.24) is 4.98 Å². The average Bonchev–Trinajstić information content (AvgIpc) is 2.33. The van der Waals surface area contributed by atoms with E-state index < -0.39 is 17.6 Å². The summed E-state index contributed by atoms with van der Waals surface area (Å²) in [4.78, 5) is 15.5. The Morgan fingerprint density at radius 2 is 1.88 bits per heavy atom. The van der Waals surface area contributed by atoms with E-state index in [1.807, 2.05) is 0 Å². The van der Waals surface area contributed by atoms with Crippen molar-refractivity contribution in [2.45, 2.75) is 5.92 Å². The van der Waals surface area contributed by atoms with Gasteiger partial charge in [0.25, 0.3) is 0 Å². The maximum absolute atomic E-state index is 13.7. The first-order valence-corrected chi connectivity index (χ1v) is 5.15. The molecule has 17 heavy (non-hydrogen) atoms. The number of nitrogens with zero attached hydrogens (tertiary/aromatic N) is 1. The van der Waals surface area contributed by atoms with Gasteiger partial charge in [0.2, 0.25) is 5.91 Å². The molecule has 0 fully saturated rings. The third-order valence-electron chi connectivity index (χ3n) is 2.48. The number of halogens is 1. The number of aromatic nitrogens is 1. The van der Waals surface area contributed by atoms with Crippen LogP contribution in [0.4, 0.5) is 4.39 Å². The number of nitrogens with two attached hydrogens (primary N) is 1. The molecule has 86 valence electrons. The molecule has 1 atom stereocenters. The number of benzene rings is 1. The van der Waals surface area contributed by atoms with Crippen molar-refractivity contribution in [3.63, 3.8) is 0 Å². The van der Waals surface area contributed by atoms with Gasteiger partial charge in [-0.05, 0) is 18.2 Å². The summed E-state index contributed by atoms with van der Waals surface area (Å²) in [6.45, 7) is 0. The monoisotopic (exact) mass is 230 g/mol. The van der Waals surface area contributed by atoms with Crippen LogP contribution in [0.25, 0.3) is 0 Å². The molecule has 1 aromatic carbocycles. The van der Waals surface area contributed by atoms with E-state index in [-0.39, 0.29) is 5.56 Å². The standard InChI is InChI=1S/C13H11FN2O/c14-10-6-2-1-5-9(10)12(13(15)17)11-7-3-4-8-16-11/h1-8,12H,(H2,15,17). The minimum Gasteiger partial charge on any atom is -0.369 e. The minimum absolute atomic E-state index is 0.249. The van der Waals surface area contributed by atoms with Crippen molar-refractivity contribution >= 4 is 5.91 Å². The minimum atomic E-state index is -0.850. The third kappa shape index (κ3) is 2.30. The lowest BCUT2D eigenvalue weighted by atomic mass is 9.94. The highest BCUT2D eigenvalue weighted by molar-refractivity contribution is 5.85. The molecular formula is C13H11FN2O. The zero-order chi connectivity index (χ0) is 12.3. The lowest BCUT2D eigenvalue weighted by molar-refractivity contribution is -0.118. The Labute approximate surface area is 98.1 Å². The third-order valence-corrected chi connectivity index (χ3v) is 2.48. The number of carbonyl (C=O) groups is 1. The largest absolute Gasteiger partial charge is 0.369 e. The van der Waals surface area contributed by atoms with E-state index >= 15 is 0 Å². The molecule has 1 unspecified atom stereocenters. The van der Waals surface area contributed by atoms with Gasteiger partial charge in [-0.3, -0.25) is 9.78 Å². The topological polar surface area (TPSA) is 56.0 Å². The van der Waals surface area contributed by atoms with Crippen molar-refractivity contribution in [3.8, 4) is 0 Å². The molecule has 1 heterocycles. The van der Waals surface area contributed by atoms with E-state index in [2.05, 4.69) is 4.98 Å². The molecule has 2 rings (SSSR count). The van der Waals surface area contributed by atoms with Crippen LogP contribution >= 0.6 is 0 Å². The molecule has 1 aromatic heterocycles. The second kappa shape index (κ2) is 4.74. The fourth-order valence-electron chi connectivity index (χ4n) is 1.71. The van der Waals surface area contributed by atoms with Gasteiger partial charge in [0.15, 0.2) is 0 Å². The van der Waals surface area contributed by atoms with Gasteiger partial charge in [0, 0.05) is 11.8 Å². The van der Waals surface area contributed by atoms with Crippen molar-refractivity contribution in [1.29, 1.82) is 0 Å². The lowest BCUT2D eigenvalue weighted by Gasteiger charge is -2.13. The van der Waals surface area contributed by atoms with E-state index in [4.69, 9.17) is 5.73 Å². The maximum Gasteiger partial charge on any atom is 0.231 e. The summed E-state index contributed by atoms with van der Waals surface area (Å²) in [7, 11) is 0. The van der Waals surface area contributed by atoms with E-state index in [1.54, 1.807) is 42.6 Å². The maximum atomic E-state index is 13.7. The Hall–Kier alpha value is -2.23. The van der Waals surface area contributed by atoms with Gasteiger partial charge < -0.3 is 5.73 Å². The number of rotatable bonds is 3. The van der Waals surface area contributed by atoms with Gasteiger partial charge in [-0.2, -0.15) is 0 Å². The molecule has 2 N–H and O–H groups in total. The second-order valence-electron chi connectivity index (χ2n) is 3.61. The van der Waals surface area contributed by atoms with Crippen LogP contribution in [-0.4, -0.2) is 10.9 Å². The van der Waals surface area contributed by atoms with E-state index in [9.17, 15) is 9.18 Å². The van der Waals surface area contributed by atoms with Gasteiger partial charge in [-0.1, -0.05) is 24.3 Å². The van der Waals surface area contributed by atoms with Gasteiger partial charge in [-0.25, -0.2) is 4.39 Å². The molecule has 0 spiro atoms. The molecule has 0 saturated carbocycles. The summed E-state index contributed by atoms with van der Waals surface area (Å²) in [5.41, 5.74) is 6.02. The van der Waals surface area contributed by atoms with Crippen LogP contribution in [0.1, 0.15) is 17.2 Å². The molecule has 1 amide bonds. The highest BCUT2D eigenvalue weighted by Gasteiger charge is 2.23. The van der Waals surface area contributed by atoms with Crippen LogP contribution < -0.4 is 5.73 Å². The summed E-state index contributed by atoms with van der Waals surface area (Å²) in [6, 6.07) is 11.2. The Kier molecular flexibility index (Phi) is 3.14. The van der Waals surface area contributed by atoms with Gasteiger partial charge in [0.05, 0.1) is 5.69 Å². The Morgan fingerprint density at radius 3 is 2.47 bits per heavy atom. The summed E-state index contributed by atoms with van der Waals surface area (Å²) >= 11 is 0. The molecule has 0 radical (unpaired) electrons. The molecule has 0 aliphatic heterocycles. The molecule has 2 aromatic rings. The van der Waals surface area contributed by atoms with Crippen LogP contribution in [0, 0.1) is 5.82 Å². The van der Waals surface area contributed by atoms with E-state index in [1.165, 1.54) is 6.07 Å². The number of hydrogen-bond acceptors (Lipinski definition) is 2. The van der Waals surface area contributed by atoms with Gasteiger partial charge in [0.1, 0.15) is 11.7 Å². The average molecular weight is 230 g/mol. The number of primary amides is 1. The zero-order valence-corrected chi connectivity index (χ0v) is 9.01. The molecule has 4 heteroatoms. The fourth-order valence-corrected chi connectivity index (χ4v) is 1.71. The summed E-state index contributed by atoms with van der Waals surface area (Å²) in [5, 5.41) is 0. The fraction of sp³-hybridized carbons (Fsp3) is 0.0769. The first kappa shape index (κ1) is 11.3. The van der Waals surface area contributed by atoms with Crippen molar-refractivity contribution in [2.24, 2.45) is 5.73 Å². The summed E-state index contributed by atoms with van der Waals surface area (Å²) in [5.74, 6) is -1.92. The van der Waals surface area contributed by atoms with E-state index in [0.717, 1.165) is 0 Å². The highest BCUT2D eigenvalue weighted by Crippen LogP contribution is 2.24. The van der Waals surface area contributed by atoms with Gasteiger partial charge in [-0.15, -0.1) is 0 Å². The quantitative estimate of drug-likeness (QED) is 0.874. The second-order valence-corrected chi connectivity index (χ2v) is 3.61. The first-order valence-electron chi connectivity index (χ1n) is 5.15. The molecule has 0 aliphatic carbocycles. The molecular weight excluding hydrogens is 219 g/mol. The van der Waals surface area contributed by atoms with Crippen LogP contribution in [-0.2, 0) is 4.79 Å². The molecule has 3 nitrogen and oxygen atoms in total. The van der Waals surface area contributed by atoms with Crippen LogP contribution in [0.15, 0.2) is 48.7 Å². The van der Waals surface area contributed by atoms with Crippen molar-refractivity contribution in [3.05, 3.63) is 65.7 Å². The zero-order valence-electron chi connectivity index (χ0n) is 9.01. The Morgan fingerprint density at radius 1 is 1.18 bits per heavy atom. The van der Waals surface area contributed by atoms with Gasteiger partial charge >= 0.3 is 0 Å². The van der Waals surface area contributed by atoms with Crippen molar-refractivity contribution < 1.29 is 9.18 Å². The SMILES string of the molecule is NC(=O)C(c1ccccn1)c1ccccc1F. The van der Waals surface area contributed by atoms with Crippen LogP contribution in [0.3, 0.4) is 0 Å². The van der Waals surface area contributed by atoms with Crippen LogP contribution in [0.2, 0.25) is 0 Å². The Balaban J connectivity index is 2.51. The first-order chi connectivity index (χ1) is 8.20. The Bertz CT molecular complexity index is 528. The predicted molar refractivity (Wildman–Crippen MR) is 61.7 cm³/mol. The number of hydrogen-bond donors (Lipinski definition) is 1. The molecule has 0 aliphatic rings. The normalized spacial score (nSPS) is 12.1. The van der Waals surface area contributed by atoms with Crippen molar-refractivity contribution in [2.75, 3.05) is 0 Å². The highest BCUT2D eigenvalue weighted by atomic mass is 19.1. The summed E-state index contributed by atoms with van der Waals surface area (Å²) < 4.78 is 13.7. The molecule has 0 bridgehead atoms.